The van der Waals surface area contributed by atoms with E-state index in [0.29, 0.717) is 31.3 Å². The number of hydrogen-bond donors (Lipinski definition) is 3. The van der Waals surface area contributed by atoms with Gasteiger partial charge in [0.2, 0.25) is 10.0 Å². The molecule has 1 aromatic rings. The molecule has 28 heavy (non-hydrogen) atoms. The first-order valence-corrected chi connectivity index (χ1v) is 11.6. The molecule has 9 nitrogen and oxygen atoms in total. The lowest BCUT2D eigenvalue weighted by atomic mass is 9.90. The van der Waals surface area contributed by atoms with Crippen molar-refractivity contribution in [2.24, 2.45) is 5.92 Å². The van der Waals surface area contributed by atoms with Crippen LogP contribution in [0.2, 0.25) is 0 Å². The van der Waals surface area contributed by atoms with Crippen molar-refractivity contribution in [1.29, 1.82) is 0 Å². The minimum atomic E-state index is -3.39. The Morgan fingerprint density at radius 1 is 1.14 bits per heavy atom. The molecule has 1 aliphatic carbocycles. The Morgan fingerprint density at radius 2 is 1.93 bits per heavy atom. The second-order valence-electron chi connectivity index (χ2n) is 7.11. The van der Waals surface area contributed by atoms with E-state index >= 15 is 0 Å². The van der Waals surface area contributed by atoms with Crippen molar-refractivity contribution in [2.75, 3.05) is 24.2 Å². The van der Waals surface area contributed by atoms with Crippen molar-refractivity contribution in [3.63, 3.8) is 0 Å². The minimum absolute atomic E-state index is 0.0549. The molecule has 1 aromatic heterocycles. The second kappa shape index (κ2) is 12.6. The van der Waals surface area contributed by atoms with E-state index in [9.17, 15) is 13.2 Å². The van der Waals surface area contributed by atoms with Gasteiger partial charge in [-0.1, -0.05) is 37.0 Å². The first-order chi connectivity index (χ1) is 13.6. The highest BCUT2D eigenvalue weighted by Crippen LogP contribution is 2.23. The normalized spacial score (nSPS) is 15.3. The fourth-order valence-electron chi connectivity index (χ4n) is 3.13. The van der Waals surface area contributed by atoms with Crippen LogP contribution in [0.15, 0.2) is 18.6 Å². The molecule has 0 aromatic carbocycles. The maximum absolute atomic E-state index is 11.9. The molecule has 1 aliphatic rings. The highest BCUT2D eigenvalue weighted by molar-refractivity contribution is 7.89. The molecule has 158 valence electrons. The molecule has 1 saturated carbocycles. The van der Waals surface area contributed by atoms with E-state index < -0.39 is 10.0 Å². The molecule has 10 heteroatoms. The van der Waals surface area contributed by atoms with Gasteiger partial charge in [0.1, 0.15) is 12.1 Å². The number of amides is 2. The number of sulfonamides is 1. The number of carbonyl (C=O) groups is 1. The summed E-state index contributed by atoms with van der Waals surface area (Å²) in [6.45, 7) is 0.981. The number of carbonyl (C=O) groups excluding carboxylic acids is 1. The van der Waals surface area contributed by atoms with Crippen molar-refractivity contribution in [3.05, 3.63) is 18.6 Å². The summed E-state index contributed by atoms with van der Waals surface area (Å²) in [5.74, 6) is 0.964. The van der Waals surface area contributed by atoms with Crippen LogP contribution < -0.4 is 15.5 Å². The van der Waals surface area contributed by atoms with Crippen LogP contribution in [0.25, 0.3) is 0 Å². The SMILES string of the molecule is O=C(NCCCCCCS(=O)(=O)NOCC1CCCCC1)Nc1ccncn1. The monoisotopic (exact) mass is 413 g/mol. The van der Waals surface area contributed by atoms with Gasteiger partial charge in [0.25, 0.3) is 0 Å². The summed E-state index contributed by atoms with van der Waals surface area (Å²) in [5, 5.41) is 5.34. The molecule has 0 unspecified atom stereocenters. The summed E-state index contributed by atoms with van der Waals surface area (Å²) in [4.78, 5) is 26.8. The van der Waals surface area contributed by atoms with E-state index in [1.807, 2.05) is 0 Å². The van der Waals surface area contributed by atoms with E-state index in [4.69, 9.17) is 4.84 Å². The molecule has 0 radical (unpaired) electrons. The molecule has 0 aliphatic heterocycles. The summed E-state index contributed by atoms with van der Waals surface area (Å²) in [6.07, 6.45) is 11.8. The summed E-state index contributed by atoms with van der Waals surface area (Å²) < 4.78 is 23.8. The van der Waals surface area contributed by atoms with Crippen LogP contribution in [0.5, 0.6) is 0 Å². The molecule has 2 amide bonds. The summed E-state index contributed by atoms with van der Waals surface area (Å²) in [6, 6.07) is 1.29. The average Bonchev–Trinajstić information content (AvgIpc) is 2.68. The van der Waals surface area contributed by atoms with Gasteiger partial charge in [-0.25, -0.2) is 23.2 Å². The number of aromatic nitrogens is 2. The topological polar surface area (TPSA) is 122 Å². The molecule has 1 heterocycles. The van der Waals surface area contributed by atoms with Gasteiger partial charge in [-0.3, -0.25) is 10.2 Å². The molecule has 0 saturated heterocycles. The third-order valence-electron chi connectivity index (χ3n) is 4.68. The molecule has 1 fully saturated rings. The van der Waals surface area contributed by atoms with Crippen LogP contribution in [0.3, 0.4) is 0 Å². The Bertz CT molecular complexity index is 666. The Morgan fingerprint density at radius 3 is 2.68 bits per heavy atom. The zero-order chi connectivity index (χ0) is 20.1. The maximum atomic E-state index is 11.9. The van der Waals surface area contributed by atoms with Gasteiger partial charge in [0.15, 0.2) is 0 Å². The largest absolute Gasteiger partial charge is 0.338 e. The van der Waals surface area contributed by atoms with Crippen LogP contribution in [-0.2, 0) is 14.9 Å². The van der Waals surface area contributed by atoms with Gasteiger partial charge in [0.05, 0.1) is 12.4 Å². The lowest BCUT2D eigenvalue weighted by Crippen LogP contribution is -2.30. The Kier molecular flexibility index (Phi) is 10.2. The predicted molar refractivity (Wildman–Crippen MR) is 107 cm³/mol. The molecule has 2 rings (SSSR count). The average molecular weight is 414 g/mol. The van der Waals surface area contributed by atoms with Gasteiger partial charge in [-0.05, 0) is 37.7 Å². The zero-order valence-electron chi connectivity index (χ0n) is 16.2. The van der Waals surface area contributed by atoms with Gasteiger partial charge in [0, 0.05) is 12.7 Å². The smallest absolute Gasteiger partial charge is 0.320 e. The summed E-state index contributed by atoms with van der Waals surface area (Å²) in [7, 11) is -3.39. The first kappa shape index (κ1) is 22.5. The molecule has 0 bridgehead atoms. The standard InChI is InChI=1S/C18H31N5O4S/c24-18(22-17-10-12-19-15-21-17)20-11-6-1-2-7-13-28(25,26)23-27-14-16-8-4-3-5-9-16/h10,12,15-16,23H,1-9,11,13-14H2,(H2,19,20,21,22,24). The van der Waals surface area contributed by atoms with Crippen molar-refractivity contribution < 1.29 is 18.0 Å². The summed E-state index contributed by atoms with van der Waals surface area (Å²) in [5.41, 5.74) is 0. The predicted octanol–water partition coefficient (Wildman–Crippen LogP) is 2.59. The van der Waals surface area contributed by atoms with Crippen molar-refractivity contribution in [2.45, 2.75) is 57.8 Å². The molecular weight excluding hydrogens is 382 g/mol. The Labute approximate surface area is 167 Å². The number of hydrogen-bond acceptors (Lipinski definition) is 6. The second-order valence-corrected chi connectivity index (χ2v) is 8.91. The van der Waals surface area contributed by atoms with E-state index in [1.54, 1.807) is 12.3 Å². The van der Waals surface area contributed by atoms with Crippen LogP contribution >= 0.6 is 0 Å². The van der Waals surface area contributed by atoms with Gasteiger partial charge in [-0.2, -0.15) is 0 Å². The van der Waals surface area contributed by atoms with Crippen LogP contribution in [0.1, 0.15) is 57.8 Å². The number of nitrogens with one attached hydrogen (secondary N) is 3. The van der Waals surface area contributed by atoms with E-state index in [-0.39, 0.29) is 11.8 Å². The molecular formula is C18H31N5O4S. The van der Waals surface area contributed by atoms with E-state index in [0.717, 1.165) is 32.1 Å². The number of nitrogens with zero attached hydrogens (tertiary/aromatic N) is 2. The lowest BCUT2D eigenvalue weighted by Gasteiger charge is -2.20. The molecule has 0 atom stereocenters. The number of urea groups is 1. The van der Waals surface area contributed by atoms with Gasteiger partial charge >= 0.3 is 6.03 Å². The summed E-state index contributed by atoms with van der Waals surface area (Å²) >= 11 is 0. The van der Waals surface area contributed by atoms with E-state index in [2.05, 4.69) is 25.5 Å². The first-order valence-electron chi connectivity index (χ1n) is 9.97. The van der Waals surface area contributed by atoms with Crippen molar-refractivity contribution >= 4 is 21.9 Å². The molecule has 0 spiro atoms. The fourth-order valence-corrected chi connectivity index (χ4v) is 4.05. The number of anilines is 1. The van der Waals surface area contributed by atoms with Crippen molar-refractivity contribution in [1.82, 2.24) is 20.2 Å². The lowest BCUT2D eigenvalue weighted by molar-refractivity contribution is 0.0519. The van der Waals surface area contributed by atoms with Crippen LogP contribution in [-0.4, -0.2) is 43.3 Å². The maximum Gasteiger partial charge on any atom is 0.320 e. The van der Waals surface area contributed by atoms with E-state index in [1.165, 1.54) is 25.6 Å². The van der Waals surface area contributed by atoms with Gasteiger partial charge in [-0.15, -0.1) is 0 Å². The van der Waals surface area contributed by atoms with Crippen LogP contribution in [0, 0.1) is 5.92 Å². The highest BCUT2D eigenvalue weighted by Gasteiger charge is 2.15. The third-order valence-corrected chi connectivity index (χ3v) is 5.88. The minimum Gasteiger partial charge on any atom is -0.338 e. The fraction of sp³-hybridized carbons (Fsp3) is 0.722. The number of rotatable bonds is 12. The third kappa shape index (κ3) is 9.95. The molecule has 3 N–H and O–H groups in total. The Hall–Kier alpha value is -1.78. The van der Waals surface area contributed by atoms with Gasteiger partial charge < -0.3 is 5.32 Å². The number of unbranched alkanes of at least 4 members (excludes halogenated alkanes) is 3. The van der Waals surface area contributed by atoms with Crippen molar-refractivity contribution in [3.8, 4) is 0 Å². The Balaban J connectivity index is 1.45. The zero-order valence-corrected chi connectivity index (χ0v) is 17.0. The quantitative estimate of drug-likeness (QED) is 0.358. The van der Waals surface area contributed by atoms with Crippen LogP contribution in [0.4, 0.5) is 10.6 Å². The highest BCUT2D eigenvalue weighted by atomic mass is 32.2.